The molecule has 1 aromatic rings. The summed E-state index contributed by atoms with van der Waals surface area (Å²) in [4.78, 5) is 43.1. The lowest BCUT2D eigenvalue weighted by molar-refractivity contribution is -0.135. The number of likely N-dealkylation sites (tertiary alicyclic amines) is 1. The lowest BCUT2D eigenvalue weighted by Gasteiger charge is -2.30. The maximum absolute atomic E-state index is 13.4. The molecular weight excluding hydrogens is 439 g/mol. The number of nitrogens with zero attached hydrogens (tertiary/aromatic N) is 2. The molecular formula is C25H35FN4O4. The lowest BCUT2D eigenvalue weighted by Crippen LogP contribution is -2.50. The molecule has 0 aromatic heterocycles. The quantitative estimate of drug-likeness (QED) is 0.597. The van der Waals surface area contributed by atoms with Gasteiger partial charge in [-0.2, -0.15) is 0 Å². The molecule has 3 aliphatic rings. The van der Waals surface area contributed by atoms with Gasteiger partial charge in [-0.15, -0.1) is 0 Å². The molecule has 9 heteroatoms. The van der Waals surface area contributed by atoms with Gasteiger partial charge in [-0.1, -0.05) is 0 Å². The van der Waals surface area contributed by atoms with E-state index < -0.39 is 11.9 Å². The van der Waals surface area contributed by atoms with Crippen molar-refractivity contribution in [1.29, 1.82) is 0 Å². The standard InChI is InChI=1S/C25H35FN4O4/c1-34-13-12-29(24(32)16-2-3-16)21-14-22(23(31)28-20-10-8-19(27)9-11-20)30(15-21)25(33)17-4-6-18(26)7-5-17/h4-7,16,19-22H,2-3,8-15,27H2,1H3,(H,28,31). The average molecular weight is 475 g/mol. The molecule has 0 radical (unpaired) electrons. The molecule has 3 fully saturated rings. The first-order valence-corrected chi connectivity index (χ1v) is 12.3. The third-order valence-electron chi connectivity index (χ3n) is 7.24. The van der Waals surface area contributed by atoms with Crippen molar-refractivity contribution in [3.8, 4) is 0 Å². The summed E-state index contributed by atoms with van der Waals surface area (Å²) in [5, 5.41) is 3.12. The van der Waals surface area contributed by atoms with Gasteiger partial charge in [0.25, 0.3) is 5.91 Å². The van der Waals surface area contributed by atoms with Crippen molar-refractivity contribution in [2.75, 3.05) is 26.8 Å². The Balaban J connectivity index is 1.53. The van der Waals surface area contributed by atoms with Gasteiger partial charge in [0, 0.05) is 43.8 Å². The van der Waals surface area contributed by atoms with Crippen molar-refractivity contribution in [2.24, 2.45) is 11.7 Å². The molecule has 34 heavy (non-hydrogen) atoms. The molecule has 8 nitrogen and oxygen atoms in total. The van der Waals surface area contributed by atoms with Crippen molar-refractivity contribution >= 4 is 17.7 Å². The highest BCUT2D eigenvalue weighted by atomic mass is 19.1. The molecule has 186 valence electrons. The first-order valence-electron chi connectivity index (χ1n) is 12.3. The summed E-state index contributed by atoms with van der Waals surface area (Å²) in [5.41, 5.74) is 6.32. The Labute approximate surface area is 200 Å². The molecule has 4 rings (SSSR count). The number of rotatable bonds is 8. The number of halogens is 1. The minimum atomic E-state index is -0.699. The molecule has 2 saturated carbocycles. The van der Waals surface area contributed by atoms with Gasteiger partial charge >= 0.3 is 0 Å². The highest BCUT2D eigenvalue weighted by Crippen LogP contribution is 2.34. The smallest absolute Gasteiger partial charge is 0.254 e. The van der Waals surface area contributed by atoms with Crippen molar-refractivity contribution < 1.29 is 23.5 Å². The predicted octanol–water partition coefficient (Wildman–Crippen LogP) is 1.68. The van der Waals surface area contributed by atoms with E-state index in [-0.39, 0.29) is 48.3 Å². The van der Waals surface area contributed by atoms with Gasteiger partial charge in [-0.05, 0) is 69.2 Å². The molecule has 3 amide bonds. The van der Waals surface area contributed by atoms with Crippen LogP contribution in [0.15, 0.2) is 24.3 Å². The number of methoxy groups -OCH3 is 1. The summed E-state index contributed by atoms with van der Waals surface area (Å²) < 4.78 is 18.6. The summed E-state index contributed by atoms with van der Waals surface area (Å²) in [7, 11) is 1.59. The SMILES string of the molecule is COCCN(C(=O)C1CC1)C1CC(C(=O)NC2CCC(N)CC2)N(C(=O)c2ccc(F)cc2)C1. The Morgan fingerprint density at radius 2 is 1.79 bits per heavy atom. The number of carbonyl (C=O) groups excluding carboxylic acids is 3. The maximum atomic E-state index is 13.4. The van der Waals surface area contributed by atoms with E-state index in [1.54, 1.807) is 16.9 Å². The fourth-order valence-corrected chi connectivity index (χ4v) is 5.06. The van der Waals surface area contributed by atoms with Crippen molar-refractivity contribution in [1.82, 2.24) is 15.1 Å². The maximum Gasteiger partial charge on any atom is 0.254 e. The summed E-state index contributed by atoms with van der Waals surface area (Å²) in [5.74, 6) is -0.875. The molecule has 3 N–H and O–H groups in total. The van der Waals surface area contributed by atoms with Gasteiger partial charge in [-0.25, -0.2) is 4.39 Å². The minimum Gasteiger partial charge on any atom is -0.383 e. The Morgan fingerprint density at radius 3 is 2.41 bits per heavy atom. The molecule has 1 heterocycles. The van der Waals surface area contributed by atoms with Crippen LogP contribution in [0.4, 0.5) is 4.39 Å². The van der Waals surface area contributed by atoms with Gasteiger partial charge in [0.1, 0.15) is 11.9 Å². The van der Waals surface area contributed by atoms with Crippen LogP contribution in [0.3, 0.4) is 0 Å². The molecule has 2 atom stereocenters. The number of hydrogen-bond donors (Lipinski definition) is 2. The molecule has 2 unspecified atom stereocenters. The monoisotopic (exact) mass is 474 g/mol. The Bertz CT molecular complexity index is 883. The number of ether oxygens (including phenoxy) is 1. The van der Waals surface area contributed by atoms with Crippen LogP contribution in [-0.4, -0.2) is 78.5 Å². The highest BCUT2D eigenvalue weighted by molar-refractivity contribution is 5.98. The second-order valence-corrected chi connectivity index (χ2v) is 9.79. The molecule has 1 aliphatic heterocycles. The fourth-order valence-electron chi connectivity index (χ4n) is 5.06. The van der Waals surface area contributed by atoms with Gasteiger partial charge < -0.3 is 25.6 Å². The number of nitrogens with one attached hydrogen (secondary N) is 1. The number of benzene rings is 1. The molecule has 1 aromatic carbocycles. The van der Waals surface area contributed by atoms with Gasteiger partial charge in [-0.3, -0.25) is 14.4 Å². The number of nitrogens with two attached hydrogens (primary N) is 1. The number of amides is 3. The Morgan fingerprint density at radius 1 is 1.12 bits per heavy atom. The van der Waals surface area contributed by atoms with E-state index in [0.717, 1.165) is 38.5 Å². The summed E-state index contributed by atoms with van der Waals surface area (Å²) >= 11 is 0. The van der Waals surface area contributed by atoms with E-state index in [4.69, 9.17) is 10.5 Å². The normalized spacial score (nSPS) is 26.9. The van der Waals surface area contributed by atoms with Crippen LogP contribution < -0.4 is 11.1 Å². The van der Waals surface area contributed by atoms with Crippen molar-refractivity contribution in [2.45, 2.75) is 69.1 Å². The third kappa shape index (κ3) is 5.75. The first-order chi connectivity index (χ1) is 16.4. The Kier molecular flexibility index (Phi) is 7.83. The van der Waals surface area contributed by atoms with Crippen molar-refractivity contribution in [3.63, 3.8) is 0 Å². The predicted molar refractivity (Wildman–Crippen MR) is 124 cm³/mol. The van der Waals surface area contributed by atoms with Gasteiger partial charge in [0.15, 0.2) is 0 Å². The zero-order valence-electron chi connectivity index (χ0n) is 19.7. The van der Waals surface area contributed by atoms with Crippen LogP contribution in [0.25, 0.3) is 0 Å². The molecule has 1 saturated heterocycles. The van der Waals surface area contributed by atoms with E-state index >= 15 is 0 Å². The lowest BCUT2D eigenvalue weighted by atomic mass is 9.91. The van der Waals surface area contributed by atoms with E-state index in [2.05, 4.69) is 5.32 Å². The van der Waals surface area contributed by atoms with Crippen LogP contribution in [0, 0.1) is 11.7 Å². The molecule has 0 spiro atoms. The number of carbonyl (C=O) groups is 3. The zero-order chi connectivity index (χ0) is 24.2. The second-order valence-electron chi connectivity index (χ2n) is 9.79. The highest BCUT2D eigenvalue weighted by Gasteiger charge is 2.45. The van der Waals surface area contributed by atoms with Crippen molar-refractivity contribution in [3.05, 3.63) is 35.6 Å². The van der Waals surface area contributed by atoms with E-state index in [1.807, 2.05) is 0 Å². The van der Waals surface area contributed by atoms with Crippen LogP contribution in [0.2, 0.25) is 0 Å². The zero-order valence-corrected chi connectivity index (χ0v) is 19.7. The van der Waals surface area contributed by atoms with Crippen LogP contribution >= 0.6 is 0 Å². The first kappa shape index (κ1) is 24.6. The van der Waals surface area contributed by atoms with E-state index in [0.29, 0.717) is 25.1 Å². The van der Waals surface area contributed by atoms with Gasteiger partial charge in [0.05, 0.1) is 12.6 Å². The van der Waals surface area contributed by atoms with E-state index in [1.165, 1.54) is 24.3 Å². The summed E-state index contributed by atoms with van der Waals surface area (Å²) in [6.07, 6.45) is 5.47. The summed E-state index contributed by atoms with van der Waals surface area (Å²) in [6, 6.07) is 4.57. The summed E-state index contributed by atoms with van der Waals surface area (Å²) in [6.45, 7) is 1.07. The topological polar surface area (TPSA) is 105 Å². The second kappa shape index (κ2) is 10.8. The van der Waals surface area contributed by atoms with Gasteiger partial charge in [0.2, 0.25) is 11.8 Å². The minimum absolute atomic E-state index is 0.0254. The third-order valence-corrected chi connectivity index (χ3v) is 7.24. The molecule has 0 bridgehead atoms. The largest absolute Gasteiger partial charge is 0.383 e. The Hall–Kier alpha value is -2.52. The molecule has 2 aliphatic carbocycles. The van der Waals surface area contributed by atoms with Crippen LogP contribution in [-0.2, 0) is 14.3 Å². The average Bonchev–Trinajstić information content (AvgIpc) is 3.59. The van der Waals surface area contributed by atoms with Crippen LogP contribution in [0.1, 0.15) is 55.3 Å². The van der Waals surface area contributed by atoms with E-state index in [9.17, 15) is 18.8 Å². The van der Waals surface area contributed by atoms with Crippen LogP contribution in [0.5, 0.6) is 0 Å². The fraction of sp³-hybridized carbons (Fsp3) is 0.640. The number of hydrogen-bond acceptors (Lipinski definition) is 5.